The number of likely N-dealkylation sites (tertiary alicyclic amines) is 1. The molecule has 0 unspecified atom stereocenters. The molecule has 0 aromatic heterocycles. The highest BCUT2D eigenvalue weighted by molar-refractivity contribution is 4.90. The Bertz CT molecular complexity index is 169. The summed E-state index contributed by atoms with van der Waals surface area (Å²) >= 11 is 0. The van der Waals surface area contributed by atoms with Crippen LogP contribution in [0.1, 0.15) is 26.7 Å². The number of fused-ring (bicyclic) bond motifs is 2. The van der Waals surface area contributed by atoms with Crippen LogP contribution in [0.2, 0.25) is 0 Å². The first-order valence-corrected chi connectivity index (χ1v) is 5.76. The molecule has 0 aliphatic carbocycles. The molecule has 2 aliphatic rings. The number of hydrogen-bond acceptors (Lipinski definition) is 2. The fourth-order valence-electron chi connectivity index (χ4n) is 2.95. The van der Waals surface area contributed by atoms with E-state index in [1.54, 1.807) is 0 Å². The summed E-state index contributed by atoms with van der Waals surface area (Å²) in [6, 6.07) is 0.809. The van der Waals surface area contributed by atoms with Gasteiger partial charge in [0, 0.05) is 12.6 Å². The van der Waals surface area contributed by atoms with E-state index in [9.17, 15) is 0 Å². The van der Waals surface area contributed by atoms with E-state index < -0.39 is 0 Å². The maximum Gasteiger partial charge on any atom is 0.0108 e. The van der Waals surface area contributed by atoms with Crippen molar-refractivity contribution in [3.8, 4) is 0 Å². The second-order valence-electron chi connectivity index (χ2n) is 4.76. The van der Waals surface area contributed by atoms with Crippen molar-refractivity contribution in [3.63, 3.8) is 0 Å². The summed E-state index contributed by atoms with van der Waals surface area (Å²) in [5.74, 6) is 1.85. The average molecular weight is 182 g/mol. The van der Waals surface area contributed by atoms with Crippen molar-refractivity contribution in [2.75, 3.05) is 26.2 Å². The van der Waals surface area contributed by atoms with Crippen LogP contribution in [-0.2, 0) is 0 Å². The van der Waals surface area contributed by atoms with Crippen molar-refractivity contribution in [1.82, 2.24) is 10.2 Å². The number of nitrogens with one attached hydrogen (secondary N) is 1. The van der Waals surface area contributed by atoms with E-state index in [1.807, 2.05) is 0 Å². The lowest BCUT2D eigenvalue weighted by molar-refractivity contribution is 0.0442. The van der Waals surface area contributed by atoms with Crippen molar-refractivity contribution in [3.05, 3.63) is 0 Å². The first-order chi connectivity index (χ1) is 6.31. The Balaban J connectivity index is 1.98. The van der Waals surface area contributed by atoms with Gasteiger partial charge in [-0.1, -0.05) is 6.92 Å². The van der Waals surface area contributed by atoms with Crippen molar-refractivity contribution >= 4 is 0 Å². The van der Waals surface area contributed by atoms with Crippen molar-refractivity contribution in [1.29, 1.82) is 0 Å². The molecule has 76 valence electrons. The third kappa shape index (κ3) is 1.89. The summed E-state index contributed by atoms with van der Waals surface area (Å²) in [5.41, 5.74) is 0. The molecule has 2 heteroatoms. The third-order valence-corrected chi connectivity index (χ3v) is 3.74. The summed E-state index contributed by atoms with van der Waals surface area (Å²) in [7, 11) is 0. The van der Waals surface area contributed by atoms with Crippen LogP contribution in [0.3, 0.4) is 0 Å². The molecular formula is C11H22N2. The molecular weight excluding hydrogens is 160 g/mol. The monoisotopic (exact) mass is 182 g/mol. The Hall–Kier alpha value is -0.0800. The molecule has 0 aromatic rings. The zero-order valence-electron chi connectivity index (χ0n) is 8.92. The van der Waals surface area contributed by atoms with Crippen LogP contribution in [0.25, 0.3) is 0 Å². The molecule has 2 bridgehead atoms. The van der Waals surface area contributed by atoms with Crippen LogP contribution < -0.4 is 5.32 Å². The quantitative estimate of drug-likeness (QED) is 0.693. The number of piperidine rings is 2. The minimum absolute atomic E-state index is 0.809. The smallest absolute Gasteiger partial charge is 0.0108 e. The zero-order chi connectivity index (χ0) is 9.26. The molecule has 0 aromatic carbocycles. The number of hydrogen-bond donors (Lipinski definition) is 1. The molecule has 2 fully saturated rings. The minimum Gasteiger partial charge on any atom is -0.316 e. The maximum absolute atomic E-state index is 3.55. The SMILES string of the molecule is CCCN1C[C@H]2CNC[C@@H](C2)[C@H]1C. The normalized spacial score (nSPS) is 40.6. The first-order valence-electron chi connectivity index (χ1n) is 5.76. The molecule has 3 atom stereocenters. The predicted octanol–water partition coefficient (Wildman–Crippen LogP) is 1.33. The van der Waals surface area contributed by atoms with Gasteiger partial charge < -0.3 is 10.2 Å². The molecule has 2 saturated heterocycles. The third-order valence-electron chi connectivity index (χ3n) is 3.74. The van der Waals surface area contributed by atoms with Crippen molar-refractivity contribution < 1.29 is 0 Å². The van der Waals surface area contributed by atoms with E-state index in [-0.39, 0.29) is 0 Å². The molecule has 2 heterocycles. The van der Waals surface area contributed by atoms with Gasteiger partial charge in [-0.25, -0.2) is 0 Å². The van der Waals surface area contributed by atoms with Gasteiger partial charge >= 0.3 is 0 Å². The lowest BCUT2D eigenvalue weighted by Crippen LogP contribution is -2.55. The lowest BCUT2D eigenvalue weighted by atomic mass is 9.81. The molecule has 2 rings (SSSR count). The molecule has 13 heavy (non-hydrogen) atoms. The summed E-state index contributed by atoms with van der Waals surface area (Å²) in [4.78, 5) is 2.69. The molecule has 0 spiro atoms. The highest BCUT2D eigenvalue weighted by Gasteiger charge is 2.34. The first kappa shape index (κ1) is 9.47. The number of nitrogens with zero attached hydrogens (tertiary/aromatic N) is 1. The maximum atomic E-state index is 3.55. The number of rotatable bonds is 2. The lowest BCUT2D eigenvalue weighted by Gasteiger charge is -2.46. The fraction of sp³-hybridized carbons (Fsp3) is 1.00. The van der Waals surface area contributed by atoms with E-state index in [0.29, 0.717) is 0 Å². The highest BCUT2D eigenvalue weighted by atomic mass is 15.2. The van der Waals surface area contributed by atoms with Gasteiger partial charge in [-0.15, -0.1) is 0 Å². The fourth-order valence-corrected chi connectivity index (χ4v) is 2.95. The average Bonchev–Trinajstić information content (AvgIpc) is 2.15. The van der Waals surface area contributed by atoms with Gasteiger partial charge in [0.1, 0.15) is 0 Å². The molecule has 0 amide bonds. The largest absolute Gasteiger partial charge is 0.316 e. The molecule has 1 N–H and O–H groups in total. The van der Waals surface area contributed by atoms with Gasteiger partial charge in [0.2, 0.25) is 0 Å². The van der Waals surface area contributed by atoms with Crippen molar-refractivity contribution in [2.45, 2.75) is 32.7 Å². The van der Waals surface area contributed by atoms with Crippen LogP contribution in [0, 0.1) is 11.8 Å². The van der Waals surface area contributed by atoms with Crippen LogP contribution in [0.4, 0.5) is 0 Å². The minimum atomic E-state index is 0.809. The van der Waals surface area contributed by atoms with Crippen LogP contribution in [-0.4, -0.2) is 37.1 Å². The van der Waals surface area contributed by atoms with Gasteiger partial charge in [0.05, 0.1) is 0 Å². The van der Waals surface area contributed by atoms with E-state index in [0.717, 1.165) is 17.9 Å². The Labute approximate surface area is 81.7 Å². The summed E-state index contributed by atoms with van der Waals surface area (Å²) in [6.07, 6.45) is 2.77. The van der Waals surface area contributed by atoms with E-state index in [4.69, 9.17) is 0 Å². The Morgan fingerprint density at radius 2 is 2.23 bits per heavy atom. The second-order valence-corrected chi connectivity index (χ2v) is 4.76. The van der Waals surface area contributed by atoms with E-state index >= 15 is 0 Å². The molecule has 0 saturated carbocycles. The topological polar surface area (TPSA) is 15.3 Å². The van der Waals surface area contributed by atoms with Crippen LogP contribution in [0.5, 0.6) is 0 Å². The predicted molar refractivity (Wildman–Crippen MR) is 55.8 cm³/mol. The summed E-state index contributed by atoms with van der Waals surface area (Å²) in [5, 5.41) is 3.55. The summed E-state index contributed by atoms with van der Waals surface area (Å²) < 4.78 is 0. The standard InChI is InChI=1S/C11H22N2/c1-3-4-13-8-10-5-11(9(13)2)7-12-6-10/h9-12H,3-8H2,1-2H3/t9-,10-,11-/m1/s1. The molecule has 2 nitrogen and oxygen atoms in total. The van der Waals surface area contributed by atoms with Gasteiger partial charge in [0.15, 0.2) is 0 Å². The van der Waals surface area contributed by atoms with Crippen LogP contribution >= 0.6 is 0 Å². The van der Waals surface area contributed by atoms with Gasteiger partial charge in [-0.3, -0.25) is 0 Å². The Kier molecular flexibility index (Phi) is 2.89. The van der Waals surface area contributed by atoms with E-state index in [2.05, 4.69) is 24.1 Å². The van der Waals surface area contributed by atoms with Gasteiger partial charge in [0.25, 0.3) is 0 Å². The summed E-state index contributed by atoms with van der Waals surface area (Å²) in [6.45, 7) is 9.83. The zero-order valence-corrected chi connectivity index (χ0v) is 8.92. The molecule has 2 aliphatic heterocycles. The van der Waals surface area contributed by atoms with Crippen LogP contribution in [0.15, 0.2) is 0 Å². The highest BCUT2D eigenvalue weighted by Crippen LogP contribution is 2.29. The molecule has 0 radical (unpaired) electrons. The Morgan fingerprint density at radius 1 is 1.38 bits per heavy atom. The Morgan fingerprint density at radius 3 is 3.00 bits per heavy atom. The van der Waals surface area contributed by atoms with E-state index in [1.165, 1.54) is 39.0 Å². The second kappa shape index (κ2) is 3.97. The van der Waals surface area contributed by atoms with Gasteiger partial charge in [-0.2, -0.15) is 0 Å². The van der Waals surface area contributed by atoms with Gasteiger partial charge in [-0.05, 0) is 51.2 Å². The van der Waals surface area contributed by atoms with Crippen molar-refractivity contribution in [2.24, 2.45) is 11.8 Å².